The molecule has 0 atom stereocenters. The van der Waals surface area contributed by atoms with Crippen molar-refractivity contribution in [2.45, 2.75) is 12.8 Å². The molecule has 1 N–H and O–H groups in total. The van der Waals surface area contributed by atoms with Crippen LogP contribution in [0.3, 0.4) is 0 Å². The number of carbonyl (C=O) groups excluding carboxylic acids is 2. The van der Waals surface area contributed by atoms with E-state index in [9.17, 15) is 29.8 Å². The number of ether oxygens (including phenoxy) is 1. The van der Waals surface area contributed by atoms with E-state index in [1.54, 1.807) is 23.1 Å². The number of fused-ring (bicyclic) bond motifs is 1. The molecule has 3 aromatic rings. The first-order chi connectivity index (χ1) is 16.8. The minimum Gasteiger partial charge on any atom is -0.482 e. The van der Waals surface area contributed by atoms with E-state index in [1.807, 2.05) is 30.3 Å². The Balaban J connectivity index is 1.53. The molecule has 1 heterocycles. The van der Waals surface area contributed by atoms with Gasteiger partial charge in [-0.15, -0.1) is 0 Å². The molecule has 0 fully saturated rings. The number of rotatable bonds is 8. The highest BCUT2D eigenvalue weighted by molar-refractivity contribution is 6.06. The molecule has 0 unspecified atom stereocenters. The molecule has 0 saturated carbocycles. The Morgan fingerprint density at radius 1 is 0.971 bits per heavy atom. The maximum Gasteiger partial charge on any atom is 0.277 e. The van der Waals surface area contributed by atoms with E-state index in [-0.39, 0.29) is 18.1 Å². The van der Waals surface area contributed by atoms with Crippen molar-refractivity contribution in [1.29, 1.82) is 0 Å². The molecule has 0 aliphatic carbocycles. The first-order valence-electron chi connectivity index (χ1n) is 10.7. The maximum absolute atomic E-state index is 12.7. The minimum absolute atomic E-state index is 0.0958. The van der Waals surface area contributed by atoms with Gasteiger partial charge in [-0.2, -0.15) is 0 Å². The van der Waals surface area contributed by atoms with E-state index in [0.29, 0.717) is 30.1 Å². The first kappa shape index (κ1) is 23.4. The maximum atomic E-state index is 12.7. The van der Waals surface area contributed by atoms with Crippen LogP contribution in [0.1, 0.15) is 22.3 Å². The van der Waals surface area contributed by atoms with Crippen LogP contribution in [0.4, 0.5) is 22.7 Å². The van der Waals surface area contributed by atoms with Crippen molar-refractivity contribution in [3.63, 3.8) is 0 Å². The third-order valence-electron chi connectivity index (χ3n) is 5.44. The van der Waals surface area contributed by atoms with Gasteiger partial charge in [0.1, 0.15) is 5.75 Å². The molecular weight excluding hydrogens is 456 g/mol. The Bertz CT molecular complexity index is 1280. The molecule has 1 aliphatic heterocycles. The lowest BCUT2D eigenvalue weighted by molar-refractivity contribution is -0.394. The Morgan fingerprint density at radius 2 is 1.66 bits per heavy atom. The molecule has 3 aromatic carbocycles. The minimum atomic E-state index is -0.807. The molecule has 0 bridgehead atoms. The Labute approximate surface area is 199 Å². The second-order valence-corrected chi connectivity index (χ2v) is 7.81. The quantitative estimate of drug-likeness (QED) is 0.380. The standard InChI is InChI=1S/C24H20N4O7/c29-23-15-35-22-9-8-18(13-21(22)26(23)10-4-7-16-5-2-1-3-6-16)25-24(30)17-11-19(27(31)32)14-20(12-17)28(33)34/h1-3,5-6,8-9,11-14H,4,7,10,15H2,(H,25,30). The van der Waals surface area contributed by atoms with Crippen molar-refractivity contribution in [2.24, 2.45) is 0 Å². The lowest BCUT2D eigenvalue weighted by Crippen LogP contribution is -2.39. The lowest BCUT2D eigenvalue weighted by atomic mass is 10.1. The molecule has 0 spiro atoms. The van der Waals surface area contributed by atoms with Gasteiger partial charge in [0.25, 0.3) is 23.2 Å². The second kappa shape index (κ2) is 10.00. The van der Waals surface area contributed by atoms with Crippen molar-refractivity contribution in [3.05, 3.63) is 98.1 Å². The van der Waals surface area contributed by atoms with Crippen molar-refractivity contribution >= 4 is 34.6 Å². The number of nitrogens with one attached hydrogen (secondary N) is 1. The van der Waals surface area contributed by atoms with Crippen molar-refractivity contribution in [3.8, 4) is 5.75 Å². The van der Waals surface area contributed by atoms with Gasteiger partial charge < -0.3 is 15.0 Å². The molecule has 35 heavy (non-hydrogen) atoms. The number of carbonyl (C=O) groups is 2. The van der Waals surface area contributed by atoms with Crippen LogP contribution < -0.4 is 15.0 Å². The highest BCUT2D eigenvalue weighted by Gasteiger charge is 2.26. The summed E-state index contributed by atoms with van der Waals surface area (Å²) in [5.74, 6) is -0.507. The van der Waals surface area contributed by atoms with Crippen molar-refractivity contribution in [2.75, 3.05) is 23.4 Å². The van der Waals surface area contributed by atoms with E-state index in [2.05, 4.69) is 5.32 Å². The van der Waals surface area contributed by atoms with Gasteiger partial charge in [-0.1, -0.05) is 30.3 Å². The smallest absolute Gasteiger partial charge is 0.277 e. The molecule has 178 valence electrons. The van der Waals surface area contributed by atoms with Crippen molar-refractivity contribution in [1.82, 2.24) is 0 Å². The number of non-ortho nitro benzene ring substituents is 2. The second-order valence-electron chi connectivity index (χ2n) is 7.81. The topological polar surface area (TPSA) is 145 Å². The van der Waals surface area contributed by atoms with E-state index in [4.69, 9.17) is 4.74 Å². The normalized spacial score (nSPS) is 12.5. The molecule has 4 rings (SSSR count). The van der Waals surface area contributed by atoms with Crippen LogP contribution in [0, 0.1) is 20.2 Å². The lowest BCUT2D eigenvalue weighted by Gasteiger charge is -2.30. The van der Waals surface area contributed by atoms with Gasteiger partial charge in [0, 0.05) is 24.4 Å². The van der Waals surface area contributed by atoms with Gasteiger partial charge in [0.2, 0.25) is 0 Å². The predicted octanol–water partition coefficient (Wildman–Crippen LogP) is 4.11. The summed E-state index contributed by atoms with van der Waals surface area (Å²) >= 11 is 0. The molecular formula is C24H20N4O7. The zero-order chi connectivity index (χ0) is 24.9. The van der Waals surface area contributed by atoms with Crippen molar-refractivity contribution < 1.29 is 24.2 Å². The number of hydrogen-bond donors (Lipinski definition) is 1. The summed E-state index contributed by atoms with van der Waals surface area (Å²) in [6.45, 7) is 0.347. The molecule has 11 heteroatoms. The fourth-order valence-corrected chi connectivity index (χ4v) is 3.75. The zero-order valence-electron chi connectivity index (χ0n) is 18.4. The van der Waals surface area contributed by atoms with Crippen LogP contribution >= 0.6 is 0 Å². The van der Waals surface area contributed by atoms with Gasteiger partial charge in [-0.05, 0) is 36.6 Å². The molecule has 0 saturated heterocycles. The largest absolute Gasteiger partial charge is 0.482 e. The third-order valence-corrected chi connectivity index (χ3v) is 5.44. The highest BCUT2D eigenvalue weighted by Crippen LogP contribution is 2.35. The number of nitro benzene ring substituents is 2. The Hall–Kier alpha value is -4.80. The number of hydrogen-bond acceptors (Lipinski definition) is 7. The number of anilines is 2. The summed E-state index contributed by atoms with van der Waals surface area (Å²) in [6.07, 6.45) is 1.49. The van der Waals surface area contributed by atoms with Crippen LogP contribution in [0.2, 0.25) is 0 Å². The number of amides is 2. The summed E-state index contributed by atoms with van der Waals surface area (Å²) in [5, 5.41) is 24.8. The Kier molecular flexibility index (Phi) is 6.67. The van der Waals surface area contributed by atoms with Crippen LogP contribution in [0.25, 0.3) is 0 Å². The monoisotopic (exact) mass is 476 g/mol. The summed E-state index contributed by atoms with van der Waals surface area (Å²) in [7, 11) is 0. The fraction of sp³-hybridized carbons (Fsp3) is 0.167. The molecule has 0 aromatic heterocycles. The van der Waals surface area contributed by atoms with E-state index < -0.39 is 27.1 Å². The molecule has 1 aliphatic rings. The molecule has 2 amide bonds. The average Bonchev–Trinajstić information content (AvgIpc) is 2.85. The summed E-state index contributed by atoms with van der Waals surface area (Å²) < 4.78 is 5.51. The highest BCUT2D eigenvalue weighted by atomic mass is 16.6. The molecule has 0 radical (unpaired) electrons. The first-order valence-corrected chi connectivity index (χ1v) is 10.7. The third kappa shape index (κ3) is 5.41. The number of nitro groups is 2. The number of nitrogens with zero attached hydrogens (tertiary/aromatic N) is 3. The van der Waals surface area contributed by atoms with E-state index in [0.717, 1.165) is 30.2 Å². The summed E-state index contributed by atoms with van der Waals surface area (Å²) in [6, 6.07) is 17.3. The van der Waals surface area contributed by atoms with Gasteiger partial charge in [0.15, 0.2) is 6.61 Å². The van der Waals surface area contributed by atoms with Crippen LogP contribution in [-0.4, -0.2) is 34.8 Å². The van der Waals surface area contributed by atoms with Gasteiger partial charge >= 0.3 is 0 Å². The summed E-state index contributed by atoms with van der Waals surface area (Å²) in [4.78, 5) is 47.5. The van der Waals surface area contributed by atoms with E-state index >= 15 is 0 Å². The number of benzene rings is 3. The van der Waals surface area contributed by atoms with E-state index in [1.165, 1.54) is 0 Å². The summed E-state index contributed by atoms with van der Waals surface area (Å²) in [5.41, 5.74) is 0.555. The zero-order valence-corrected chi connectivity index (χ0v) is 18.4. The van der Waals surface area contributed by atoms with Crippen LogP contribution in [0.5, 0.6) is 5.75 Å². The SMILES string of the molecule is O=C(Nc1ccc2c(c1)N(CCCc1ccccc1)C(=O)CO2)c1cc([N+](=O)[O-])cc([N+](=O)[O-])c1. The average molecular weight is 476 g/mol. The predicted molar refractivity (Wildman–Crippen MR) is 127 cm³/mol. The van der Waals surface area contributed by atoms with Gasteiger partial charge in [0.05, 0.1) is 27.2 Å². The Morgan fingerprint density at radius 3 is 2.31 bits per heavy atom. The van der Waals surface area contributed by atoms with Gasteiger partial charge in [-0.25, -0.2) is 0 Å². The fourth-order valence-electron chi connectivity index (χ4n) is 3.75. The van der Waals surface area contributed by atoms with Crippen LogP contribution in [0.15, 0.2) is 66.7 Å². The number of aryl methyl sites for hydroxylation is 1. The van der Waals surface area contributed by atoms with Crippen LogP contribution in [-0.2, 0) is 11.2 Å². The van der Waals surface area contributed by atoms with Gasteiger partial charge in [-0.3, -0.25) is 29.8 Å². The molecule has 11 nitrogen and oxygen atoms in total.